The van der Waals surface area contributed by atoms with Gasteiger partial charge in [0.2, 0.25) is 0 Å². The van der Waals surface area contributed by atoms with Gasteiger partial charge in [0.25, 0.3) is 5.91 Å². The van der Waals surface area contributed by atoms with Gasteiger partial charge in [-0.2, -0.15) is 0 Å². The highest BCUT2D eigenvalue weighted by atomic mass is 79.9. The van der Waals surface area contributed by atoms with E-state index in [1.807, 2.05) is 18.2 Å². The summed E-state index contributed by atoms with van der Waals surface area (Å²) < 4.78 is 12.2. The largest absolute Gasteiger partial charge is 0.483 e. The maximum Gasteiger partial charge on any atom is 0.258 e. The summed E-state index contributed by atoms with van der Waals surface area (Å²) in [4.78, 5) is 11.9. The fourth-order valence-electron chi connectivity index (χ4n) is 2.44. The van der Waals surface area contributed by atoms with Crippen molar-refractivity contribution < 1.29 is 14.3 Å². The summed E-state index contributed by atoms with van der Waals surface area (Å²) in [5, 5.41) is 2.87. The lowest BCUT2D eigenvalue weighted by molar-refractivity contribution is -0.123. The van der Waals surface area contributed by atoms with Gasteiger partial charge in [-0.05, 0) is 36.5 Å². The van der Waals surface area contributed by atoms with E-state index < -0.39 is 0 Å². The van der Waals surface area contributed by atoms with Gasteiger partial charge in [0, 0.05) is 23.2 Å². The third-order valence-corrected chi connectivity index (χ3v) is 4.15. The van der Waals surface area contributed by atoms with Crippen LogP contribution in [0.3, 0.4) is 0 Å². The van der Waals surface area contributed by atoms with Crippen LogP contribution in [-0.2, 0) is 14.9 Å². The fraction of sp³-hybridized carbons (Fsp3) is 0.588. The number of ether oxygens (including phenoxy) is 2. The molecule has 1 heterocycles. The molecule has 0 bridgehead atoms. The highest BCUT2D eigenvalue weighted by molar-refractivity contribution is 9.10. The summed E-state index contributed by atoms with van der Waals surface area (Å²) in [5.74, 6) is 0.640. The van der Waals surface area contributed by atoms with Crippen molar-refractivity contribution in [3.63, 3.8) is 0 Å². The normalized spacial score (nSPS) is 18.3. The molecule has 0 aliphatic carbocycles. The first-order valence-electron chi connectivity index (χ1n) is 7.67. The molecule has 1 aliphatic heterocycles. The second-order valence-corrected chi connectivity index (χ2v) is 7.53. The summed E-state index contributed by atoms with van der Waals surface area (Å²) in [6, 6.07) is 5.87. The van der Waals surface area contributed by atoms with Crippen LogP contribution in [0, 0.1) is 0 Å². The molecule has 1 atom stereocenters. The van der Waals surface area contributed by atoms with Crippen LogP contribution in [-0.4, -0.2) is 31.8 Å². The van der Waals surface area contributed by atoms with E-state index in [4.69, 9.17) is 9.47 Å². The molecule has 22 heavy (non-hydrogen) atoms. The van der Waals surface area contributed by atoms with E-state index in [0.717, 1.165) is 35.2 Å². The predicted molar refractivity (Wildman–Crippen MR) is 90.3 cm³/mol. The van der Waals surface area contributed by atoms with E-state index in [1.165, 1.54) is 0 Å². The molecule has 1 unspecified atom stereocenters. The molecule has 1 aromatic carbocycles. The van der Waals surface area contributed by atoms with Gasteiger partial charge < -0.3 is 14.8 Å². The Balaban J connectivity index is 1.89. The number of amides is 1. The lowest BCUT2D eigenvalue weighted by Crippen LogP contribution is -2.35. The maximum absolute atomic E-state index is 11.9. The molecule has 1 N–H and O–H groups in total. The first-order valence-corrected chi connectivity index (χ1v) is 8.46. The van der Waals surface area contributed by atoms with Crippen LogP contribution in [0.4, 0.5) is 0 Å². The first kappa shape index (κ1) is 17.3. The van der Waals surface area contributed by atoms with Gasteiger partial charge in [-0.1, -0.05) is 36.7 Å². The molecular formula is C17H24BrNO3. The Morgan fingerprint density at radius 2 is 2.23 bits per heavy atom. The lowest BCUT2D eigenvalue weighted by atomic mass is 9.86. The lowest BCUT2D eigenvalue weighted by Gasteiger charge is -2.23. The number of benzene rings is 1. The third kappa shape index (κ3) is 4.99. The number of hydrogen-bond acceptors (Lipinski definition) is 3. The van der Waals surface area contributed by atoms with E-state index >= 15 is 0 Å². The Bertz CT molecular complexity index is 519. The van der Waals surface area contributed by atoms with Crippen LogP contribution in [0.15, 0.2) is 22.7 Å². The number of carbonyl (C=O) groups excluding carboxylic acids is 1. The number of rotatable bonds is 5. The summed E-state index contributed by atoms with van der Waals surface area (Å²) in [6.45, 7) is 7.76. The molecule has 122 valence electrons. The van der Waals surface area contributed by atoms with Gasteiger partial charge in [0.1, 0.15) is 5.75 Å². The van der Waals surface area contributed by atoms with Crippen molar-refractivity contribution in [1.29, 1.82) is 0 Å². The Labute approximate surface area is 140 Å². The molecule has 1 aliphatic rings. The number of nitrogens with one attached hydrogen (secondary N) is 1. The van der Waals surface area contributed by atoms with Gasteiger partial charge in [-0.15, -0.1) is 0 Å². The predicted octanol–water partition coefficient (Wildman–Crippen LogP) is 3.42. The highest BCUT2D eigenvalue weighted by Gasteiger charge is 2.20. The van der Waals surface area contributed by atoms with Crippen molar-refractivity contribution >= 4 is 21.8 Å². The minimum Gasteiger partial charge on any atom is -0.483 e. The monoisotopic (exact) mass is 369 g/mol. The van der Waals surface area contributed by atoms with Crippen molar-refractivity contribution in [1.82, 2.24) is 5.32 Å². The van der Waals surface area contributed by atoms with Crippen molar-refractivity contribution in [3.8, 4) is 5.75 Å². The zero-order valence-electron chi connectivity index (χ0n) is 13.4. The minimum absolute atomic E-state index is 0.0252. The summed E-state index contributed by atoms with van der Waals surface area (Å²) in [5.41, 5.74) is 1.03. The average Bonchev–Trinajstić information content (AvgIpc) is 2.96. The van der Waals surface area contributed by atoms with Gasteiger partial charge in [-0.3, -0.25) is 4.79 Å². The molecule has 5 heteroatoms. The minimum atomic E-state index is -0.113. The molecule has 2 rings (SSSR count). The van der Waals surface area contributed by atoms with Crippen molar-refractivity contribution in [2.45, 2.75) is 45.1 Å². The average molecular weight is 370 g/mol. The van der Waals surface area contributed by atoms with E-state index in [9.17, 15) is 4.79 Å². The maximum atomic E-state index is 11.9. The molecule has 1 aromatic rings. The van der Waals surface area contributed by atoms with Gasteiger partial charge >= 0.3 is 0 Å². The van der Waals surface area contributed by atoms with E-state index in [1.54, 1.807) is 0 Å². The number of hydrogen-bond donors (Lipinski definition) is 1. The zero-order chi connectivity index (χ0) is 16.2. The Morgan fingerprint density at radius 1 is 1.45 bits per heavy atom. The number of carbonyl (C=O) groups is 1. The van der Waals surface area contributed by atoms with Gasteiger partial charge in [0.05, 0.1) is 6.10 Å². The van der Waals surface area contributed by atoms with Crippen molar-refractivity contribution in [2.24, 2.45) is 0 Å². The summed E-state index contributed by atoms with van der Waals surface area (Å²) >= 11 is 3.48. The van der Waals surface area contributed by atoms with Gasteiger partial charge in [-0.25, -0.2) is 0 Å². The highest BCUT2D eigenvalue weighted by Crippen LogP contribution is 2.33. The summed E-state index contributed by atoms with van der Waals surface area (Å²) in [6.07, 6.45) is 2.24. The number of halogens is 1. The van der Waals surface area contributed by atoms with Crippen LogP contribution in [0.25, 0.3) is 0 Å². The molecular weight excluding hydrogens is 346 g/mol. The van der Waals surface area contributed by atoms with E-state index in [0.29, 0.717) is 6.54 Å². The standard InChI is InChI=1S/C17H24BrNO3/c1-17(2,3)14-9-12(18)6-7-15(14)22-11-16(20)19-10-13-5-4-8-21-13/h6-7,9,13H,4-5,8,10-11H2,1-3H3,(H,19,20). The first-order chi connectivity index (χ1) is 10.4. The van der Waals surface area contributed by atoms with Crippen LogP contribution < -0.4 is 10.1 Å². The van der Waals surface area contributed by atoms with Crippen LogP contribution in [0.5, 0.6) is 5.75 Å². The Kier molecular flexibility index (Phi) is 5.87. The van der Waals surface area contributed by atoms with E-state index in [2.05, 4.69) is 42.0 Å². The van der Waals surface area contributed by atoms with E-state index in [-0.39, 0.29) is 24.0 Å². The third-order valence-electron chi connectivity index (χ3n) is 3.66. The zero-order valence-corrected chi connectivity index (χ0v) is 15.0. The molecule has 4 nitrogen and oxygen atoms in total. The molecule has 1 fully saturated rings. The van der Waals surface area contributed by atoms with Crippen LogP contribution in [0.2, 0.25) is 0 Å². The Morgan fingerprint density at radius 3 is 2.86 bits per heavy atom. The topological polar surface area (TPSA) is 47.6 Å². The smallest absolute Gasteiger partial charge is 0.258 e. The Hall–Kier alpha value is -1.07. The second-order valence-electron chi connectivity index (χ2n) is 6.62. The van der Waals surface area contributed by atoms with Crippen molar-refractivity contribution in [2.75, 3.05) is 19.8 Å². The molecule has 1 saturated heterocycles. The quantitative estimate of drug-likeness (QED) is 0.864. The SMILES string of the molecule is CC(C)(C)c1cc(Br)ccc1OCC(=O)NCC1CCCO1. The molecule has 0 spiro atoms. The molecule has 1 amide bonds. The molecule has 0 saturated carbocycles. The second kappa shape index (κ2) is 7.47. The molecule has 0 radical (unpaired) electrons. The molecule has 0 aromatic heterocycles. The summed E-state index contributed by atoms with van der Waals surface area (Å²) in [7, 11) is 0. The van der Waals surface area contributed by atoms with Crippen LogP contribution in [0.1, 0.15) is 39.2 Å². The van der Waals surface area contributed by atoms with Gasteiger partial charge in [0.15, 0.2) is 6.61 Å². The van der Waals surface area contributed by atoms with Crippen molar-refractivity contribution in [3.05, 3.63) is 28.2 Å². The fourth-order valence-corrected chi connectivity index (χ4v) is 2.80. The van der Waals surface area contributed by atoms with Crippen LogP contribution >= 0.6 is 15.9 Å².